The molecule has 0 aromatic heterocycles. The fraction of sp³-hybridized carbons (Fsp3) is 0.941. The van der Waals surface area contributed by atoms with Crippen molar-refractivity contribution in [3.8, 4) is 0 Å². The molecule has 1 atom stereocenters. The second-order valence-electron chi connectivity index (χ2n) is 5.98. The van der Waals surface area contributed by atoms with Crippen molar-refractivity contribution in [2.45, 2.75) is 45.1 Å². The molecule has 1 unspecified atom stereocenters. The molecule has 1 aliphatic heterocycles. The number of piperidine rings is 1. The number of aliphatic imine (C=N–C) groups is 1. The van der Waals surface area contributed by atoms with E-state index < -0.39 is 0 Å². The Kier molecular flexibility index (Phi) is 16.3. The summed E-state index contributed by atoms with van der Waals surface area (Å²) in [7, 11) is 3.51. The summed E-state index contributed by atoms with van der Waals surface area (Å²) in [5, 5.41) is 6.74. The topological polar surface area (TPSA) is 58.1 Å². The Morgan fingerprint density at radius 3 is 2.67 bits per heavy atom. The van der Waals surface area contributed by atoms with Gasteiger partial charge in [0, 0.05) is 46.4 Å². The van der Waals surface area contributed by atoms with Gasteiger partial charge in [-0.2, -0.15) is 0 Å². The van der Waals surface area contributed by atoms with Crippen LogP contribution in [0.3, 0.4) is 0 Å². The highest BCUT2D eigenvalue weighted by Gasteiger charge is 2.19. The first-order chi connectivity index (χ1) is 11.3. The van der Waals surface area contributed by atoms with Crippen LogP contribution in [-0.2, 0) is 9.47 Å². The molecule has 0 saturated carbocycles. The van der Waals surface area contributed by atoms with E-state index in [1.807, 2.05) is 7.05 Å². The van der Waals surface area contributed by atoms with Gasteiger partial charge in [-0.3, -0.25) is 9.89 Å². The number of halogens is 1. The molecule has 1 aliphatic rings. The molecule has 0 aromatic carbocycles. The lowest BCUT2D eigenvalue weighted by Gasteiger charge is -2.35. The van der Waals surface area contributed by atoms with Gasteiger partial charge in [0.05, 0.1) is 13.2 Å². The van der Waals surface area contributed by atoms with Crippen LogP contribution in [0.15, 0.2) is 4.99 Å². The predicted molar refractivity (Wildman–Crippen MR) is 112 cm³/mol. The Balaban J connectivity index is 0.00000529. The predicted octanol–water partition coefficient (Wildman–Crippen LogP) is 2.09. The molecule has 1 fully saturated rings. The van der Waals surface area contributed by atoms with Crippen LogP contribution < -0.4 is 10.6 Å². The van der Waals surface area contributed by atoms with Crippen molar-refractivity contribution in [1.82, 2.24) is 15.5 Å². The molecule has 6 nitrogen and oxygen atoms in total. The zero-order valence-electron chi connectivity index (χ0n) is 15.7. The highest BCUT2D eigenvalue weighted by molar-refractivity contribution is 14.0. The average Bonchev–Trinajstić information content (AvgIpc) is 2.59. The van der Waals surface area contributed by atoms with Gasteiger partial charge in [-0.15, -0.1) is 24.0 Å². The maximum atomic E-state index is 5.44. The summed E-state index contributed by atoms with van der Waals surface area (Å²) in [6.07, 6.45) is 6.31. The van der Waals surface area contributed by atoms with Crippen LogP contribution in [0.2, 0.25) is 0 Å². The largest absolute Gasteiger partial charge is 0.382 e. The highest BCUT2D eigenvalue weighted by atomic mass is 127. The van der Waals surface area contributed by atoms with Crippen molar-refractivity contribution in [2.75, 3.05) is 60.2 Å². The van der Waals surface area contributed by atoms with Gasteiger partial charge in [0.25, 0.3) is 0 Å². The van der Waals surface area contributed by atoms with E-state index in [-0.39, 0.29) is 24.0 Å². The van der Waals surface area contributed by atoms with Gasteiger partial charge in [0.2, 0.25) is 0 Å². The Hall–Kier alpha value is -0.120. The van der Waals surface area contributed by atoms with Crippen LogP contribution in [0.5, 0.6) is 0 Å². The third kappa shape index (κ3) is 10.7. The minimum absolute atomic E-state index is 0. The van der Waals surface area contributed by atoms with Crippen LogP contribution in [0.4, 0.5) is 0 Å². The fourth-order valence-electron chi connectivity index (χ4n) is 2.98. The summed E-state index contributed by atoms with van der Waals surface area (Å²) >= 11 is 0. The lowest BCUT2D eigenvalue weighted by molar-refractivity contribution is 0.0698. The molecular weight excluding hydrogens is 419 g/mol. The Labute approximate surface area is 165 Å². The monoisotopic (exact) mass is 456 g/mol. The maximum absolute atomic E-state index is 5.44. The van der Waals surface area contributed by atoms with Crippen molar-refractivity contribution in [3.05, 3.63) is 0 Å². The summed E-state index contributed by atoms with van der Waals surface area (Å²) in [6, 6.07) is 0.768. The van der Waals surface area contributed by atoms with Crippen molar-refractivity contribution in [3.63, 3.8) is 0 Å². The van der Waals surface area contributed by atoms with Crippen LogP contribution in [0.25, 0.3) is 0 Å². The van der Waals surface area contributed by atoms with Gasteiger partial charge in [-0.05, 0) is 32.2 Å². The Morgan fingerprint density at radius 2 is 1.96 bits per heavy atom. The van der Waals surface area contributed by atoms with Gasteiger partial charge < -0.3 is 20.1 Å². The molecule has 0 amide bonds. The molecule has 1 saturated heterocycles. The van der Waals surface area contributed by atoms with Gasteiger partial charge >= 0.3 is 0 Å². The number of hydrogen-bond donors (Lipinski definition) is 2. The number of guanidine groups is 1. The highest BCUT2D eigenvalue weighted by Crippen LogP contribution is 2.18. The van der Waals surface area contributed by atoms with Crippen molar-refractivity contribution >= 4 is 29.9 Å². The number of nitrogens with zero attached hydrogens (tertiary/aromatic N) is 2. The molecule has 0 aromatic rings. The van der Waals surface area contributed by atoms with Crippen LogP contribution >= 0.6 is 24.0 Å². The molecule has 1 rings (SSSR count). The van der Waals surface area contributed by atoms with Crippen LogP contribution in [-0.4, -0.2) is 77.1 Å². The summed E-state index contributed by atoms with van der Waals surface area (Å²) in [6.45, 7) is 8.52. The summed E-state index contributed by atoms with van der Waals surface area (Å²) in [5.74, 6) is 0.881. The third-order valence-corrected chi connectivity index (χ3v) is 4.33. The summed E-state index contributed by atoms with van der Waals surface area (Å²) in [5.41, 5.74) is 0. The number of ether oxygens (including phenoxy) is 2. The minimum atomic E-state index is 0. The van der Waals surface area contributed by atoms with E-state index in [9.17, 15) is 0 Å². The smallest absolute Gasteiger partial charge is 0.191 e. The zero-order chi connectivity index (χ0) is 16.8. The van der Waals surface area contributed by atoms with Gasteiger partial charge in [-0.1, -0.05) is 13.3 Å². The summed E-state index contributed by atoms with van der Waals surface area (Å²) in [4.78, 5) is 6.89. The molecule has 0 spiro atoms. The van der Waals surface area contributed by atoms with E-state index in [1.54, 1.807) is 7.11 Å². The van der Waals surface area contributed by atoms with Crippen molar-refractivity contribution in [1.29, 1.82) is 0 Å². The van der Waals surface area contributed by atoms with Gasteiger partial charge in [0.15, 0.2) is 5.96 Å². The minimum Gasteiger partial charge on any atom is -0.382 e. The number of nitrogens with one attached hydrogen (secondary N) is 2. The molecule has 7 heteroatoms. The lowest BCUT2D eigenvalue weighted by atomic mass is 10.0. The number of hydrogen-bond acceptors (Lipinski definition) is 4. The van der Waals surface area contributed by atoms with E-state index in [0.717, 1.165) is 44.7 Å². The maximum Gasteiger partial charge on any atom is 0.191 e. The van der Waals surface area contributed by atoms with Crippen LogP contribution in [0.1, 0.15) is 39.0 Å². The average molecular weight is 456 g/mol. The normalized spacial score (nSPS) is 19.0. The van der Waals surface area contributed by atoms with E-state index in [1.165, 1.54) is 32.2 Å². The molecule has 1 heterocycles. The molecule has 144 valence electrons. The van der Waals surface area contributed by atoms with Gasteiger partial charge in [0.1, 0.15) is 0 Å². The Bertz CT molecular complexity index is 319. The number of rotatable bonds is 11. The van der Waals surface area contributed by atoms with Gasteiger partial charge in [-0.25, -0.2) is 0 Å². The first kappa shape index (κ1) is 23.9. The molecule has 2 N–H and O–H groups in total. The SMILES string of the molecule is CCC1CCCCN1CCNC(=NC)NCCCOCCOC.I. The standard InChI is InChI=1S/C17H36N4O2.HI/c1-4-16-8-5-6-11-21(16)12-10-20-17(18-2)19-9-7-13-23-15-14-22-3;/h16H,4-15H2,1-3H3,(H2,18,19,20);1H. The number of likely N-dealkylation sites (tertiary alicyclic amines) is 1. The Morgan fingerprint density at radius 1 is 1.17 bits per heavy atom. The van der Waals surface area contributed by atoms with E-state index in [0.29, 0.717) is 13.2 Å². The molecule has 0 radical (unpaired) electrons. The fourth-order valence-corrected chi connectivity index (χ4v) is 2.98. The second-order valence-corrected chi connectivity index (χ2v) is 5.98. The number of methoxy groups -OCH3 is 1. The second kappa shape index (κ2) is 16.4. The van der Waals surface area contributed by atoms with Crippen LogP contribution in [0, 0.1) is 0 Å². The molecule has 24 heavy (non-hydrogen) atoms. The van der Waals surface area contributed by atoms with Crippen molar-refractivity contribution in [2.24, 2.45) is 4.99 Å². The first-order valence-electron chi connectivity index (χ1n) is 9.07. The third-order valence-electron chi connectivity index (χ3n) is 4.33. The van der Waals surface area contributed by atoms with Crippen molar-refractivity contribution < 1.29 is 9.47 Å². The first-order valence-corrected chi connectivity index (χ1v) is 9.07. The molecule has 0 aliphatic carbocycles. The molecule has 0 bridgehead atoms. The lowest BCUT2D eigenvalue weighted by Crippen LogP contribution is -2.46. The molecular formula is C17H37IN4O2. The summed E-state index contributed by atoms with van der Waals surface area (Å²) < 4.78 is 10.4. The quantitative estimate of drug-likeness (QED) is 0.216. The zero-order valence-corrected chi connectivity index (χ0v) is 18.0. The van der Waals surface area contributed by atoms with E-state index in [2.05, 4.69) is 27.4 Å². The van der Waals surface area contributed by atoms with E-state index in [4.69, 9.17) is 9.47 Å². The van der Waals surface area contributed by atoms with E-state index >= 15 is 0 Å².